The molecule has 0 radical (unpaired) electrons. The number of nitrogens with two attached hydrogens (primary N) is 1. The quantitative estimate of drug-likeness (QED) is 0.745. The Morgan fingerprint density at radius 2 is 2.08 bits per heavy atom. The molecule has 0 amide bonds. The fraction of sp³-hybridized carbons (Fsp3) is 0.400. The number of hydrogen-bond acceptors (Lipinski definition) is 6. The van der Waals surface area contributed by atoms with Gasteiger partial charge in [0, 0.05) is 23.5 Å². The van der Waals surface area contributed by atoms with Gasteiger partial charge in [-0.05, 0) is 39.0 Å². The van der Waals surface area contributed by atoms with E-state index in [1.54, 1.807) is 20.8 Å². The molecule has 1 aromatic carbocycles. The van der Waals surface area contributed by atoms with Gasteiger partial charge in [-0.25, -0.2) is 17.9 Å². The maximum Gasteiger partial charge on any atom is 0.374 e. The van der Waals surface area contributed by atoms with E-state index in [4.69, 9.17) is 14.9 Å². The third kappa shape index (κ3) is 4.07. The van der Waals surface area contributed by atoms with E-state index in [1.165, 1.54) is 18.2 Å². The van der Waals surface area contributed by atoms with Gasteiger partial charge in [-0.3, -0.25) is 0 Å². The average molecular weight is 377 g/mol. The number of nitrogens with one attached hydrogen (secondary N) is 1. The molecule has 3 N–H and O–H groups in total. The third-order valence-corrected chi connectivity index (χ3v) is 4.98. The number of hydrogen-bond donors (Lipinski definition) is 2. The Balaban J connectivity index is 0.00000288. The summed E-state index contributed by atoms with van der Waals surface area (Å²) >= 11 is 0. The van der Waals surface area contributed by atoms with Crippen LogP contribution in [-0.2, 0) is 14.8 Å². The highest BCUT2D eigenvalue weighted by atomic mass is 35.5. The summed E-state index contributed by atoms with van der Waals surface area (Å²) in [6.07, 6.45) is 0. The molecule has 0 unspecified atom stereocenters. The van der Waals surface area contributed by atoms with Gasteiger partial charge in [0.05, 0.1) is 11.5 Å². The first kappa shape index (κ1) is 20.4. The molecule has 9 heteroatoms. The average Bonchev–Trinajstić information content (AvgIpc) is 2.84. The minimum atomic E-state index is -3.69. The van der Waals surface area contributed by atoms with Crippen LogP contribution in [0.1, 0.15) is 30.0 Å². The molecule has 0 aliphatic heterocycles. The van der Waals surface area contributed by atoms with Crippen LogP contribution in [-0.4, -0.2) is 33.6 Å². The molecule has 0 saturated carbocycles. The van der Waals surface area contributed by atoms with Gasteiger partial charge in [0.2, 0.25) is 15.8 Å². The zero-order chi connectivity index (χ0) is 17.2. The van der Waals surface area contributed by atoms with Crippen molar-refractivity contribution in [2.24, 2.45) is 5.73 Å². The molecule has 0 fully saturated rings. The summed E-state index contributed by atoms with van der Waals surface area (Å²) < 4.78 is 37.5. The van der Waals surface area contributed by atoms with E-state index in [0.29, 0.717) is 16.5 Å². The smallest absolute Gasteiger partial charge is 0.374 e. The zero-order valence-corrected chi connectivity index (χ0v) is 15.3. The largest absolute Gasteiger partial charge is 0.460 e. The van der Waals surface area contributed by atoms with Crippen LogP contribution < -0.4 is 10.5 Å². The number of esters is 1. The van der Waals surface area contributed by atoms with E-state index in [2.05, 4.69) is 4.72 Å². The molecule has 0 aliphatic rings. The summed E-state index contributed by atoms with van der Waals surface area (Å²) in [5.74, 6) is -0.486. The maximum absolute atomic E-state index is 12.3. The molecular weight excluding hydrogens is 356 g/mol. The van der Waals surface area contributed by atoms with E-state index in [-0.39, 0.29) is 42.3 Å². The first-order valence-electron chi connectivity index (χ1n) is 7.22. The Labute approximate surface area is 147 Å². The van der Waals surface area contributed by atoms with Crippen molar-refractivity contribution in [3.63, 3.8) is 0 Å². The van der Waals surface area contributed by atoms with Crippen LogP contribution in [0.15, 0.2) is 27.5 Å². The van der Waals surface area contributed by atoms with Crippen molar-refractivity contribution in [1.82, 2.24) is 4.72 Å². The minimum Gasteiger partial charge on any atom is -0.460 e. The maximum atomic E-state index is 12.3. The van der Waals surface area contributed by atoms with E-state index in [9.17, 15) is 13.2 Å². The summed E-state index contributed by atoms with van der Waals surface area (Å²) in [6.45, 7) is 5.49. The van der Waals surface area contributed by atoms with E-state index < -0.39 is 16.0 Å². The predicted molar refractivity (Wildman–Crippen MR) is 93.0 cm³/mol. The van der Waals surface area contributed by atoms with Gasteiger partial charge in [-0.2, -0.15) is 0 Å². The van der Waals surface area contributed by atoms with E-state index in [0.717, 1.165) is 0 Å². The fourth-order valence-corrected chi connectivity index (χ4v) is 3.42. The van der Waals surface area contributed by atoms with Crippen molar-refractivity contribution >= 4 is 39.4 Å². The lowest BCUT2D eigenvalue weighted by Gasteiger charge is -2.11. The minimum absolute atomic E-state index is 0. The molecule has 1 heterocycles. The van der Waals surface area contributed by atoms with E-state index in [1.807, 2.05) is 0 Å². The second kappa shape index (κ2) is 7.98. The van der Waals surface area contributed by atoms with Gasteiger partial charge in [0.1, 0.15) is 5.58 Å². The van der Waals surface area contributed by atoms with Crippen LogP contribution in [0, 0.1) is 6.92 Å². The lowest BCUT2D eigenvalue weighted by Crippen LogP contribution is -2.37. The molecule has 2 aromatic rings. The SMILES string of the molecule is CCOC(=O)c1oc2ccc(S(=O)(=O)N[C@@H](C)CN)cc2c1C.Cl. The molecule has 0 spiro atoms. The highest BCUT2D eigenvalue weighted by molar-refractivity contribution is 7.89. The molecule has 134 valence electrons. The summed E-state index contributed by atoms with van der Waals surface area (Å²) in [6, 6.07) is 4.04. The van der Waals surface area contributed by atoms with Crippen molar-refractivity contribution in [3.8, 4) is 0 Å². The second-order valence-corrected chi connectivity index (χ2v) is 6.91. The first-order chi connectivity index (χ1) is 10.8. The van der Waals surface area contributed by atoms with Gasteiger partial charge in [-0.1, -0.05) is 0 Å². The Bertz CT molecular complexity index is 832. The van der Waals surface area contributed by atoms with Crippen LogP contribution >= 0.6 is 12.4 Å². The Kier molecular flexibility index (Phi) is 6.79. The van der Waals surface area contributed by atoms with Crippen molar-refractivity contribution in [2.75, 3.05) is 13.2 Å². The number of carbonyl (C=O) groups is 1. The standard InChI is InChI=1S/C15H20N2O5S.ClH/c1-4-21-15(18)14-10(3)12-7-11(5-6-13(12)22-14)23(19,20)17-9(2)8-16;/h5-7,9,17H,4,8,16H2,1-3H3;1H/t9-;/m0./s1. The Morgan fingerprint density at radius 3 is 2.67 bits per heavy atom. The molecule has 1 aromatic heterocycles. The molecular formula is C15H21ClN2O5S. The number of rotatable bonds is 6. The third-order valence-electron chi connectivity index (χ3n) is 3.39. The van der Waals surface area contributed by atoms with Gasteiger partial charge in [-0.15, -0.1) is 12.4 Å². The number of aryl methyl sites for hydroxylation is 1. The number of sulfonamides is 1. The van der Waals surface area contributed by atoms with E-state index >= 15 is 0 Å². The highest BCUT2D eigenvalue weighted by Gasteiger charge is 2.22. The van der Waals surface area contributed by atoms with Gasteiger partial charge in [0.25, 0.3) is 0 Å². The molecule has 7 nitrogen and oxygen atoms in total. The normalized spacial score (nSPS) is 12.7. The van der Waals surface area contributed by atoms with Crippen molar-refractivity contribution in [2.45, 2.75) is 31.7 Å². The number of ether oxygens (including phenoxy) is 1. The van der Waals surface area contributed by atoms with Crippen molar-refractivity contribution in [3.05, 3.63) is 29.5 Å². The highest BCUT2D eigenvalue weighted by Crippen LogP contribution is 2.28. The summed E-state index contributed by atoms with van der Waals surface area (Å²) in [4.78, 5) is 11.9. The van der Waals surface area contributed by atoms with Crippen LogP contribution in [0.25, 0.3) is 11.0 Å². The molecule has 0 saturated heterocycles. The molecule has 0 bridgehead atoms. The number of benzene rings is 1. The topological polar surface area (TPSA) is 112 Å². The molecule has 2 rings (SSSR count). The van der Waals surface area contributed by atoms with Crippen LogP contribution in [0.2, 0.25) is 0 Å². The van der Waals surface area contributed by atoms with Gasteiger partial charge in [0.15, 0.2) is 0 Å². The number of carbonyl (C=O) groups excluding carboxylic acids is 1. The van der Waals surface area contributed by atoms with Crippen LogP contribution in [0.5, 0.6) is 0 Å². The lowest BCUT2D eigenvalue weighted by atomic mass is 10.1. The monoisotopic (exact) mass is 376 g/mol. The fourth-order valence-electron chi connectivity index (χ4n) is 2.14. The van der Waals surface area contributed by atoms with Crippen molar-refractivity contribution in [1.29, 1.82) is 0 Å². The van der Waals surface area contributed by atoms with Gasteiger partial charge >= 0.3 is 5.97 Å². The summed E-state index contributed by atoms with van der Waals surface area (Å²) in [5.41, 5.74) is 6.41. The summed E-state index contributed by atoms with van der Waals surface area (Å²) in [7, 11) is -3.69. The van der Waals surface area contributed by atoms with Crippen LogP contribution in [0.3, 0.4) is 0 Å². The molecule has 0 aliphatic carbocycles. The lowest BCUT2D eigenvalue weighted by molar-refractivity contribution is 0.0491. The first-order valence-corrected chi connectivity index (χ1v) is 8.71. The number of halogens is 1. The molecule has 1 atom stereocenters. The number of fused-ring (bicyclic) bond motifs is 1. The van der Waals surface area contributed by atoms with Gasteiger partial charge < -0.3 is 14.9 Å². The predicted octanol–water partition coefficient (Wildman–Crippen LogP) is 1.97. The molecule has 24 heavy (non-hydrogen) atoms. The van der Waals surface area contributed by atoms with Crippen LogP contribution in [0.4, 0.5) is 0 Å². The summed E-state index contributed by atoms with van der Waals surface area (Å²) in [5, 5.41) is 0.552. The zero-order valence-electron chi connectivity index (χ0n) is 13.7. The number of furan rings is 1. The van der Waals surface area contributed by atoms with Crippen molar-refractivity contribution < 1.29 is 22.4 Å². The Hall–Kier alpha value is -1.61. The Morgan fingerprint density at radius 1 is 1.42 bits per heavy atom. The second-order valence-electron chi connectivity index (χ2n) is 5.19.